The first-order valence-corrected chi connectivity index (χ1v) is 11.4. The van der Waals surface area contributed by atoms with E-state index in [1.54, 1.807) is 0 Å². The Bertz CT molecular complexity index is 1610. The van der Waals surface area contributed by atoms with Gasteiger partial charge in [-0.2, -0.15) is 0 Å². The molecule has 0 heterocycles. The fraction of sp³-hybridized carbons (Fsp3) is 0.0625. The van der Waals surface area contributed by atoms with Crippen LogP contribution in [0.15, 0.2) is 103 Å². The molecule has 154 valence electrons. The van der Waals surface area contributed by atoms with E-state index in [2.05, 4.69) is 117 Å². The van der Waals surface area contributed by atoms with Crippen molar-refractivity contribution in [3.05, 3.63) is 114 Å². The van der Waals surface area contributed by atoms with Crippen LogP contribution in [-0.2, 0) is 0 Å². The van der Waals surface area contributed by atoms with Gasteiger partial charge in [0.25, 0.3) is 0 Å². The minimum Gasteiger partial charge on any atom is -0.0812 e. The summed E-state index contributed by atoms with van der Waals surface area (Å²) in [5.41, 5.74) is 8.51. The van der Waals surface area contributed by atoms with Crippen molar-refractivity contribution in [1.29, 1.82) is 0 Å². The van der Waals surface area contributed by atoms with Crippen molar-refractivity contribution in [2.75, 3.05) is 0 Å². The maximum atomic E-state index is 6.63. The van der Waals surface area contributed by atoms with Gasteiger partial charge in [-0.15, -0.1) is 0 Å². The predicted octanol–water partition coefficient (Wildman–Crippen LogP) is 7.89. The van der Waals surface area contributed by atoms with Crippen molar-refractivity contribution in [2.45, 2.75) is 13.8 Å². The highest BCUT2D eigenvalue weighted by Gasteiger charge is 2.17. The van der Waals surface area contributed by atoms with Gasteiger partial charge in [0.15, 0.2) is 0 Å². The first-order valence-electron chi connectivity index (χ1n) is 11.4. The Morgan fingerprint density at radius 3 is 1.58 bits per heavy atom. The lowest BCUT2D eigenvalue weighted by molar-refractivity contribution is 1.39. The van der Waals surface area contributed by atoms with Crippen molar-refractivity contribution in [3.63, 3.8) is 0 Å². The summed E-state index contributed by atoms with van der Waals surface area (Å²) < 4.78 is 0. The highest BCUT2D eigenvalue weighted by Crippen LogP contribution is 2.41. The van der Waals surface area contributed by atoms with Crippen molar-refractivity contribution < 1.29 is 0 Å². The van der Waals surface area contributed by atoms with Gasteiger partial charge in [-0.05, 0) is 79.5 Å². The molecule has 33 heavy (non-hydrogen) atoms. The number of rotatable bonds is 2. The molecule has 0 bridgehead atoms. The molecule has 0 aromatic heterocycles. The standard InChI is InChI=1S/C32H23B/c1-20-18-23(25-17-9-11-22-10-3-4-12-24(22)25)19-21(2)30(20)31-26-13-5-7-15-28(26)32(33)29-16-8-6-14-27(29)31/h3-19H,1-2H3. The molecule has 2 radical (unpaired) electrons. The van der Waals surface area contributed by atoms with Gasteiger partial charge in [0.2, 0.25) is 0 Å². The van der Waals surface area contributed by atoms with Gasteiger partial charge in [-0.3, -0.25) is 0 Å². The Morgan fingerprint density at radius 1 is 0.485 bits per heavy atom. The molecule has 0 atom stereocenters. The smallest absolute Gasteiger partial charge is 0.0812 e. The Hall–Kier alpha value is -3.84. The second-order valence-corrected chi connectivity index (χ2v) is 8.89. The quantitative estimate of drug-likeness (QED) is 0.198. The second-order valence-electron chi connectivity index (χ2n) is 8.89. The second kappa shape index (κ2) is 7.64. The molecule has 0 amide bonds. The van der Waals surface area contributed by atoms with E-state index >= 15 is 0 Å². The van der Waals surface area contributed by atoms with E-state index in [-0.39, 0.29) is 0 Å². The summed E-state index contributed by atoms with van der Waals surface area (Å²) in [4.78, 5) is 0. The molecular formula is C32H23B. The Kier molecular flexibility index (Phi) is 4.59. The summed E-state index contributed by atoms with van der Waals surface area (Å²) >= 11 is 0. The molecule has 6 rings (SSSR count). The van der Waals surface area contributed by atoms with E-state index in [1.165, 1.54) is 54.9 Å². The lowest BCUT2D eigenvalue weighted by Crippen LogP contribution is -2.07. The molecule has 0 aliphatic rings. The van der Waals surface area contributed by atoms with Crippen molar-refractivity contribution >= 4 is 45.6 Å². The van der Waals surface area contributed by atoms with Crippen LogP contribution >= 0.6 is 0 Å². The summed E-state index contributed by atoms with van der Waals surface area (Å²) in [6.45, 7) is 4.47. The molecule has 0 saturated heterocycles. The molecule has 0 aliphatic heterocycles. The van der Waals surface area contributed by atoms with Gasteiger partial charge in [0.1, 0.15) is 7.85 Å². The molecule has 6 aromatic carbocycles. The van der Waals surface area contributed by atoms with Crippen LogP contribution in [0.25, 0.3) is 54.6 Å². The summed E-state index contributed by atoms with van der Waals surface area (Å²) in [6, 6.07) is 36.9. The van der Waals surface area contributed by atoms with Crippen molar-refractivity contribution in [1.82, 2.24) is 0 Å². The lowest BCUT2D eigenvalue weighted by Gasteiger charge is -2.20. The molecule has 0 saturated carbocycles. The summed E-state index contributed by atoms with van der Waals surface area (Å²) in [6.07, 6.45) is 0. The number of aryl methyl sites for hydroxylation is 2. The zero-order chi connectivity index (χ0) is 22.5. The SMILES string of the molecule is [B]c1c2ccccc2c(-c2c(C)cc(-c3cccc4ccccc34)cc2C)c2ccccc12. The molecule has 0 nitrogen and oxygen atoms in total. The Morgan fingerprint density at radius 2 is 0.970 bits per heavy atom. The first kappa shape index (κ1) is 19.8. The fourth-order valence-electron chi connectivity index (χ4n) is 5.42. The minimum atomic E-state index is 0.854. The van der Waals surface area contributed by atoms with Crippen LogP contribution in [0, 0.1) is 13.8 Å². The summed E-state index contributed by atoms with van der Waals surface area (Å²) in [5, 5.41) is 7.20. The van der Waals surface area contributed by atoms with Crippen LogP contribution < -0.4 is 5.46 Å². The predicted molar refractivity (Wildman–Crippen MR) is 145 cm³/mol. The Balaban J connectivity index is 1.67. The molecule has 0 spiro atoms. The maximum absolute atomic E-state index is 6.63. The van der Waals surface area contributed by atoms with Crippen LogP contribution in [0.1, 0.15) is 11.1 Å². The van der Waals surface area contributed by atoms with Crippen LogP contribution in [0.2, 0.25) is 0 Å². The average molecular weight is 418 g/mol. The molecular weight excluding hydrogens is 395 g/mol. The Labute approximate surface area is 195 Å². The van der Waals surface area contributed by atoms with Gasteiger partial charge in [0, 0.05) is 0 Å². The number of hydrogen-bond donors (Lipinski definition) is 0. The molecule has 1 heteroatoms. The molecule has 0 aliphatic carbocycles. The van der Waals surface area contributed by atoms with E-state index < -0.39 is 0 Å². The van der Waals surface area contributed by atoms with Crippen LogP contribution in [0.3, 0.4) is 0 Å². The zero-order valence-corrected chi connectivity index (χ0v) is 18.9. The van der Waals surface area contributed by atoms with E-state index in [0.29, 0.717) is 0 Å². The van der Waals surface area contributed by atoms with Gasteiger partial charge in [0.05, 0.1) is 0 Å². The molecule has 0 fully saturated rings. The number of fused-ring (bicyclic) bond motifs is 3. The van der Waals surface area contributed by atoms with E-state index in [4.69, 9.17) is 7.85 Å². The van der Waals surface area contributed by atoms with E-state index in [1.807, 2.05) is 0 Å². The largest absolute Gasteiger partial charge is 0.115 e. The van der Waals surface area contributed by atoms with Gasteiger partial charge >= 0.3 is 0 Å². The highest BCUT2D eigenvalue weighted by molar-refractivity contribution is 6.46. The average Bonchev–Trinajstić information content (AvgIpc) is 2.85. The van der Waals surface area contributed by atoms with Crippen LogP contribution in [0.5, 0.6) is 0 Å². The van der Waals surface area contributed by atoms with Gasteiger partial charge in [-0.1, -0.05) is 109 Å². The zero-order valence-electron chi connectivity index (χ0n) is 18.9. The third-order valence-corrected chi connectivity index (χ3v) is 6.86. The molecule has 6 aromatic rings. The van der Waals surface area contributed by atoms with Crippen molar-refractivity contribution in [3.8, 4) is 22.3 Å². The normalized spacial score (nSPS) is 11.5. The topological polar surface area (TPSA) is 0 Å². The molecule has 0 N–H and O–H groups in total. The summed E-state index contributed by atoms with van der Waals surface area (Å²) in [5.74, 6) is 0. The lowest BCUT2D eigenvalue weighted by atomic mass is 9.79. The van der Waals surface area contributed by atoms with Crippen LogP contribution in [0.4, 0.5) is 0 Å². The van der Waals surface area contributed by atoms with Crippen LogP contribution in [-0.4, -0.2) is 7.85 Å². The summed E-state index contributed by atoms with van der Waals surface area (Å²) in [7, 11) is 6.63. The van der Waals surface area contributed by atoms with E-state index in [0.717, 1.165) is 16.2 Å². The third kappa shape index (κ3) is 3.08. The minimum absolute atomic E-state index is 0.854. The first-order chi connectivity index (χ1) is 16.1. The highest BCUT2D eigenvalue weighted by atomic mass is 14.2. The van der Waals surface area contributed by atoms with Gasteiger partial charge < -0.3 is 0 Å². The number of benzene rings is 6. The maximum Gasteiger partial charge on any atom is 0.115 e. The van der Waals surface area contributed by atoms with E-state index in [9.17, 15) is 0 Å². The van der Waals surface area contributed by atoms with Crippen molar-refractivity contribution in [2.24, 2.45) is 0 Å². The molecule has 0 unspecified atom stereocenters. The number of hydrogen-bond acceptors (Lipinski definition) is 0. The fourth-order valence-corrected chi connectivity index (χ4v) is 5.42. The van der Waals surface area contributed by atoms with Gasteiger partial charge in [-0.25, -0.2) is 0 Å². The third-order valence-electron chi connectivity index (χ3n) is 6.86. The monoisotopic (exact) mass is 418 g/mol.